The van der Waals surface area contributed by atoms with Crippen molar-refractivity contribution >= 4 is 40.7 Å². The Balaban J connectivity index is 2.54. The van der Waals surface area contributed by atoms with Crippen LogP contribution in [0.2, 0.25) is 5.02 Å². The number of hydrogen-bond acceptors (Lipinski definition) is 3. The minimum atomic E-state index is -0.486. The van der Waals surface area contributed by atoms with E-state index in [4.69, 9.17) is 11.6 Å². The zero-order valence-corrected chi connectivity index (χ0v) is 14.5. The summed E-state index contributed by atoms with van der Waals surface area (Å²) in [6, 6.07) is 4.80. The third kappa shape index (κ3) is 6.69. The van der Waals surface area contributed by atoms with Crippen molar-refractivity contribution in [2.75, 3.05) is 17.2 Å². The minimum absolute atomic E-state index is 0.107. The van der Waals surface area contributed by atoms with Crippen LogP contribution in [0.5, 0.6) is 0 Å². The molecule has 0 aliphatic heterocycles. The summed E-state index contributed by atoms with van der Waals surface area (Å²) in [4.78, 5) is 34.7. The molecule has 0 unspecified atom stereocenters. The Labute approximate surface area is 141 Å². The van der Waals surface area contributed by atoms with E-state index in [2.05, 4.69) is 16.0 Å². The number of carbonyl (C=O) groups excluding carboxylic acids is 3. The fraction of sp³-hybridized carbons (Fsp3) is 0.438. The second-order valence-electron chi connectivity index (χ2n) is 6.18. The lowest BCUT2D eigenvalue weighted by Crippen LogP contribution is -2.36. The lowest BCUT2D eigenvalue weighted by molar-refractivity contribution is -0.128. The van der Waals surface area contributed by atoms with Crippen LogP contribution in [0.3, 0.4) is 0 Å². The monoisotopic (exact) mass is 339 g/mol. The molecular formula is C16H22ClN3O3. The van der Waals surface area contributed by atoms with Gasteiger partial charge in [-0.1, -0.05) is 32.4 Å². The van der Waals surface area contributed by atoms with Crippen molar-refractivity contribution in [3.63, 3.8) is 0 Å². The van der Waals surface area contributed by atoms with Crippen LogP contribution in [0.4, 0.5) is 11.4 Å². The fourth-order valence-electron chi connectivity index (χ4n) is 1.67. The largest absolute Gasteiger partial charge is 0.355 e. The molecule has 3 amide bonds. The third-order valence-corrected chi connectivity index (χ3v) is 3.21. The fourth-order valence-corrected chi connectivity index (χ4v) is 1.83. The first kappa shape index (κ1) is 19.0. The van der Waals surface area contributed by atoms with Crippen LogP contribution >= 0.6 is 11.6 Å². The van der Waals surface area contributed by atoms with Gasteiger partial charge in [0.2, 0.25) is 17.7 Å². The van der Waals surface area contributed by atoms with Crippen molar-refractivity contribution in [3.05, 3.63) is 23.2 Å². The molecule has 1 aromatic carbocycles. The number of nitrogens with one attached hydrogen (secondary N) is 3. The molecule has 126 valence electrons. The first-order chi connectivity index (χ1) is 10.6. The van der Waals surface area contributed by atoms with E-state index in [1.165, 1.54) is 6.92 Å². The Hall–Kier alpha value is -2.08. The van der Waals surface area contributed by atoms with Crippen LogP contribution in [0.1, 0.15) is 34.1 Å². The summed E-state index contributed by atoms with van der Waals surface area (Å²) in [5.74, 6) is -0.597. The molecule has 23 heavy (non-hydrogen) atoms. The molecule has 0 saturated heterocycles. The van der Waals surface area contributed by atoms with Gasteiger partial charge in [0.15, 0.2) is 0 Å². The number of benzene rings is 1. The van der Waals surface area contributed by atoms with Crippen LogP contribution in [0.25, 0.3) is 0 Å². The lowest BCUT2D eigenvalue weighted by atomic mass is 9.96. The van der Waals surface area contributed by atoms with Crippen LogP contribution in [-0.4, -0.2) is 24.3 Å². The van der Waals surface area contributed by atoms with E-state index in [1.54, 1.807) is 39.0 Å². The summed E-state index contributed by atoms with van der Waals surface area (Å²) in [6.07, 6.45) is 0.153. The van der Waals surface area contributed by atoms with E-state index in [0.717, 1.165) is 0 Å². The Bertz CT molecular complexity index is 609. The molecule has 0 aliphatic rings. The zero-order chi connectivity index (χ0) is 17.6. The van der Waals surface area contributed by atoms with Crippen molar-refractivity contribution in [3.8, 4) is 0 Å². The normalized spacial score (nSPS) is 10.8. The standard InChI is InChI=1S/C16H22ClN3O3/c1-10(21)19-13-9-11(5-6-12(13)17)20-14(22)7-8-18-15(23)16(2,3)4/h5-6,9H,7-8H2,1-4H3,(H,18,23)(H,19,21)(H,20,22). The summed E-state index contributed by atoms with van der Waals surface area (Å²) < 4.78 is 0. The highest BCUT2D eigenvalue weighted by atomic mass is 35.5. The second kappa shape index (κ2) is 7.97. The molecule has 0 aliphatic carbocycles. The Morgan fingerprint density at radius 1 is 1.13 bits per heavy atom. The summed E-state index contributed by atoms with van der Waals surface area (Å²) in [5, 5.41) is 8.37. The highest BCUT2D eigenvalue weighted by molar-refractivity contribution is 6.33. The van der Waals surface area contributed by atoms with Gasteiger partial charge in [0.25, 0.3) is 0 Å². The molecule has 0 heterocycles. The smallest absolute Gasteiger partial charge is 0.226 e. The molecule has 0 radical (unpaired) electrons. The third-order valence-electron chi connectivity index (χ3n) is 2.88. The number of carbonyl (C=O) groups is 3. The maximum Gasteiger partial charge on any atom is 0.226 e. The van der Waals surface area contributed by atoms with Crippen molar-refractivity contribution in [2.24, 2.45) is 5.41 Å². The molecule has 3 N–H and O–H groups in total. The molecular weight excluding hydrogens is 318 g/mol. The summed E-state index contributed by atoms with van der Waals surface area (Å²) >= 11 is 5.96. The highest BCUT2D eigenvalue weighted by Gasteiger charge is 2.20. The Kier molecular flexibility index (Phi) is 6.57. The van der Waals surface area contributed by atoms with Gasteiger partial charge in [0.1, 0.15) is 0 Å². The first-order valence-corrected chi connectivity index (χ1v) is 7.62. The quantitative estimate of drug-likeness (QED) is 0.770. The van der Waals surface area contributed by atoms with E-state index in [9.17, 15) is 14.4 Å². The minimum Gasteiger partial charge on any atom is -0.355 e. The van der Waals surface area contributed by atoms with E-state index >= 15 is 0 Å². The molecule has 0 aromatic heterocycles. The van der Waals surface area contributed by atoms with Gasteiger partial charge >= 0.3 is 0 Å². The Morgan fingerprint density at radius 3 is 2.35 bits per heavy atom. The topological polar surface area (TPSA) is 87.3 Å². The van der Waals surface area contributed by atoms with Crippen molar-refractivity contribution < 1.29 is 14.4 Å². The molecule has 1 rings (SSSR count). The van der Waals surface area contributed by atoms with E-state index in [-0.39, 0.29) is 30.7 Å². The van der Waals surface area contributed by atoms with Gasteiger partial charge in [-0.05, 0) is 18.2 Å². The molecule has 1 aromatic rings. The van der Waals surface area contributed by atoms with Gasteiger partial charge in [-0.25, -0.2) is 0 Å². The molecule has 0 atom stereocenters. The summed E-state index contributed by atoms with van der Waals surface area (Å²) in [7, 11) is 0. The van der Waals surface area contributed by atoms with Crippen molar-refractivity contribution in [1.29, 1.82) is 0 Å². The molecule has 7 heteroatoms. The molecule has 0 bridgehead atoms. The van der Waals surface area contributed by atoms with Gasteiger partial charge in [-0.3, -0.25) is 14.4 Å². The highest BCUT2D eigenvalue weighted by Crippen LogP contribution is 2.25. The van der Waals surface area contributed by atoms with Gasteiger partial charge in [0.05, 0.1) is 10.7 Å². The molecule has 0 saturated carbocycles. The molecule has 0 fully saturated rings. The van der Waals surface area contributed by atoms with E-state index < -0.39 is 5.41 Å². The van der Waals surface area contributed by atoms with E-state index in [0.29, 0.717) is 16.4 Å². The van der Waals surface area contributed by atoms with E-state index in [1.807, 2.05) is 0 Å². The first-order valence-electron chi connectivity index (χ1n) is 7.25. The van der Waals surface area contributed by atoms with Gasteiger partial charge < -0.3 is 16.0 Å². The predicted molar refractivity (Wildman–Crippen MR) is 91.5 cm³/mol. The SMILES string of the molecule is CC(=O)Nc1cc(NC(=O)CCNC(=O)C(C)(C)C)ccc1Cl. The van der Waals surface area contributed by atoms with Gasteiger partial charge in [-0.15, -0.1) is 0 Å². The maximum atomic E-state index is 11.9. The van der Waals surface area contributed by atoms with Crippen LogP contribution in [0, 0.1) is 5.41 Å². The van der Waals surface area contributed by atoms with Crippen LogP contribution < -0.4 is 16.0 Å². The van der Waals surface area contributed by atoms with Gasteiger partial charge in [0, 0.05) is 31.0 Å². The van der Waals surface area contributed by atoms with Crippen LogP contribution in [0.15, 0.2) is 18.2 Å². The maximum absolute atomic E-state index is 11.9. The second-order valence-corrected chi connectivity index (χ2v) is 6.59. The van der Waals surface area contributed by atoms with Crippen molar-refractivity contribution in [2.45, 2.75) is 34.1 Å². The summed E-state index contributed by atoms with van der Waals surface area (Å²) in [6.45, 7) is 7.05. The average Bonchev–Trinajstić information content (AvgIpc) is 2.40. The number of halogens is 1. The number of anilines is 2. The van der Waals surface area contributed by atoms with Crippen molar-refractivity contribution in [1.82, 2.24) is 5.32 Å². The number of amides is 3. The molecule has 6 nitrogen and oxygen atoms in total. The zero-order valence-electron chi connectivity index (χ0n) is 13.7. The Morgan fingerprint density at radius 2 is 1.78 bits per heavy atom. The number of hydrogen-bond donors (Lipinski definition) is 3. The average molecular weight is 340 g/mol. The predicted octanol–water partition coefficient (Wildman–Crippen LogP) is 2.79. The van der Waals surface area contributed by atoms with Gasteiger partial charge in [-0.2, -0.15) is 0 Å². The van der Waals surface area contributed by atoms with Crippen LogP contribution in [-0.2, 0) is 14.4 Å². The number of rotatable bonds is 5. The molecule has 0 spiro atoms. The summed E-state index contributed by atoms with van der Waals surface area (Å²) in [5.41, 5.74) is 0.461. The lowest BCUT2D eigenvalue weighted by Gasteiger charge is -2.17.